The number of rotatable bonds is 9. The van der Waals surface area contributed by atoms with E-state index in [1.165, 1.54) is 11.8 Å². The minimum atomic E-state index is -0.264. The molecule has 0 radical (unpaired) electrons. The molecule has 0 amide bonds. The van der Waals surface area contributed by atoms with Crippen LogP contribution < -0.4 is 4.74 Å². The van der Waals surface area contributed by atoms with Crippen molar-refractivity contribution >= 4 is 28.5 Å². The van der Waals surface area contributed by atoms with Gasteiger partial charge in [0.25, 0.3) is 0 Å². The van der Waals surface area contributed by atoms with Gasteiger partial charge >= 0.3 is 5.97 Å². The first-order valence-electron chi connectivity index (χ1n) is 10.6. The number of carbonyl (C=O) groups excluding carboxylic acids is 1. The molecule has 0 bridgehead atoms. The van der Waals surface area contributed by atoms with Gasteiger partial charge in [-0.1, -0.05) is 48.2 Å². The number of nitrogens with zero attached hydrogens (tertiary/aromatic N) is 3. The molecule has 7 nitrogen and oxygen atoms in total. The summed E-state index contributed by atoms with van der Waals surface area (Å²) in [5, 5.41) is 11.5. The van der Waals surface area contributed by atoms with E-state index in [1.54, 1.807) is 0 Å². The van der Waals surface area contributed by atoms with Crippen molar-refractivity contribution in [3.8, 4) is 5.75 Å². The molecule has 1 atom stereocenters. The smallest absolute Gasteiger partial charge is 0.316 e. The van der Waals surface area contributed by atoms with Crippen molar-refractivity contribution in [3.05, 3.63) is 48.3 Å². The van der Waals surface area contributed by atoms with Crippen LogP contribution in [0.3, 0.4) is 0 Å². The van der Waals surface area contributed by atoms with Crippen LogP contribution in [0, 0.1) is 0 Å². The van der Waals surface area contributed by atoms with Crippen LogP contribution in [-0.2, 0) is 27.4 Å². The Morgan fingerprint density at radius 2 is 2.06 bits per heavy atom. The highest BCUT2D eigenvalue weighted by atomic mass is 32.2. The molecular weight excluding hydrogens is 414 g/mol. The van der Waals surface area contributed by atoms with E-state index >= 15 is 0 Å². The Morgan fingerprint density at radius 3 is 2.87 bits per heavy atom. The van der Waals surface area contributed by atoms with Gasteiger partial charge in [0.1, 0.15) is 12.4 Å². The van der Waals surface area contributed by atoms with Crippen LogP contribution in [0.5, 0.6) is 5.75 Å². The lowest BCUT2D eigenvalue weighted by molar-refractivity contribution is -0.144. The Hall–Kier alpha value is -2.58. The zero-order chi connectivity index (χ0) is 21.6. The van der Waals surface area contributed by atoms with Crippen LogP contribution in [0.2, 0.25) is 0 Å². The second-order valence-corrected chi connectivity index (χ2v) is 8.68. The first-order valence-corrected chi connectivity index (χ1v) is 11.5. The predicted molar refractivity (Wildman–Crippen MR) is 119 cm³/mol. The van der Waals surface area contributed by atoms with E-state index in [2.05, 4.69) is 22.3 Å². The van der Waals surface area contributed by atoms with Crippen molar-refractivity contribution < 1.29 is 19.0 Å². The molecule has 1 saturated heterocycles. The number of esters is 1. The Labute approximate surface area is 186 Å². The molecule has 1 aliphatic heterocycles. The van der Waals surface area contributed by atoms with Crippen molar-refractivity contribution in [1.29, 1.82) is 0 Å². The van der Waals surface area contributed by atoms with E-state index < -0.39 is 0 Å². The van der Waals surface area contributed by atoms with Gasteiger partial charge < -0.3 is 18.8 Å². The molecule has 2 heterocycles. The quantitative estimate of drug-likeness (QED) is 0.363. The van der Waals surface area contributed by atoms with Gasteiger partial charge in [-0.05, 0) is 38.1 Å². The second-order valence-electron chi connectivity index (χ2n) is 7.74. The highest BCUT2D eigenvalue weighted by molar-refractivity contribution is 7.99. The van der Waals surface area contributed by atoms with Crippen molar-refractivity contribution in [2.45, 2.75) is 57.2 Å². The molecule has 4 rings (SSSR count). The minimum absolute atomic E-state index is 0.120. The SMILES string of the molecule is CC(C)OC(=O)CSc1nnc(COc2cccc3ccccc23)n1CC1CCCO1. The maximum absolute atomic E-state index is 12.0. The second kappa shape index (κ2) is 10.2. The van der Waals surface area contributed by atoms with Crippen LogP contribution >= 0.6 is 11.8 Å². The molecular formula is C23H27N3O4S. The minimum Gasteiger partial charge on any atom is -0.485 e. The van der Waals surface area contributed by atoms with Crippen molar-refractivity contribution in [1.82, 2.24) is 14.8 Å². The standard InChI is InChI=1S/C23H27N3O4S/c1-16(2)30-22(27)15-31-23-25-24-21(26(23)13-18-9-6-12-28-18)14-29-20-11-5-8-17-7-3-4-10-19(17)20/h3-5,7-8,10-11,16,18H,6,9,12-15H2,1-2H3. The Balaban J connectivity index is 1.50. The monoisotopic (exact) mass is 441 g/mol. The number of carbonyl (C=O) groups is 1. The third-order valence-electron chi connectivity index (χ3n) is 5.00. The molecule has 3 aromatic rings. The lowest BCUT2D eigenvalue weighted by atomic mass is 10.1. The number of benzene rings is 2. The molecule has 2 aromatic carbocycles. The molecule has 1 aromatic heterocycles. The average Bonchev–Trinajstić information content (AvgIpc) is 3.41. The Morgan fingerprint density at radius 1 is 1.23 bits per heavy atom. The van der Waals surface area contributed by atoms with Gasteiger partial charge in [0.05, 0.1) is 24.5 Å². The van der Waals surface area contributed by atoms with Gasteiger partial charge in [-0.2, -0.15) is 0 Å². The van der Waals surface area contributed by atoms with Crippen molar-refractivity contribution in [2.24, 2.45) is 0 Å². The van der Waals surface area contributed by atoms with Crippen LogP contribution in [0.1, 0.15) is 32.5 Å². The van der Waals surface area contributed by atoms with E-state index in [1.807, 2.05) is 48.7 Å². The van der Waals surface area contributed by atoms with Crippen LogP contribution in [0.4, 0.5) is 0 Å². The van der Waals surface area contributed by atoms with Gasteiger partial charge in [0.2, 0.25) is 0 Å². The molecule has 1 aliphatic rings. The van der Waals surface area contributed by atoms with Crippen molar-refractivity contribution in [3.63, 3.8) is 0 Å². The number of hydrogen-bond acceptors (Lipinski definition) is 7. The zero-order valence-corrected chi connectivity index (χ0v) is 18.6. The van der Waals surface area contributed by atoms with Crippen LogP contribution in [-0.4, -0.2) is 45.3 Å². The summed E-state index contributed by atoms with van der Waals surface area (Å²) in [6, 6.07) is 14.1. The predicted octanol–water partition coefficient (Wildman–Crippen LogP) is 4.23. The molecule has 0 N–H and O–H groups in total. The largest absolute Gasteiger partial charge is 0.485 e. The number of thioether (sulfide) groups is 1. The summed E-state index contributed by atoms with van der Waals surface area (Å²) in [5.74, 6) is 1.44. The van der Waals surface area contributed by atoms with Gasteiger partial charge in [0.15, 0.2) is 11.0 Å². The van der Waals surface area contributed by atoms with E-state index in [0.29, 0.717) is 17.5 Å². The Kier molecular flexibility index (Phi) is 7.09. The lowest BCUT2D eigenvalue weighted by Gasteiger charge is -2.15. The zero-order valence-electron chi connectivity index (χ0n) is 17.8. The highest BCUT2D eigenvalue weighted by Gasteiger charge is 2.22. The van der Waals surface area contributed by atoms with Gasteiger partial charge in [0, 0.05) is 12.0 Å². The highest BCUT2D eigenvalue weighted by Crippen LogP contribution is 2.27. The molecule has 164 valence electrons. The molecule has 0 saturated carbocycles. The van der Waals surface area contributed by atoms with Crippen LogP contribution in [0.25, 0.3) is 10.8 Å². The van der Waals surface area contributed by atoms with Crippen molar-refractivity contribution in [2.75, 3.05) is 12.4 Å². The number of ether oxygens (including phenoxy) is 3. The number of hydrogen-bond donors (Lipinski definition) is 0. The van der Waals surface area contributed by atoms with Gasteiger partial charge in [-0.3, -0.25) is 4.79 Å². The maximum Gasteiger partial charge on any atom is 0.316 e. The molecule has 31 heavy (non-hydrogen) atoms. The topological polar surface area (TPSA) is 75.5 Å². The van der Waals surface area contributed by atoms with Gasteiger partial charge in [-0.25, -0.2) is 0 Å². The molecule has 0 aliphatic carbocycles. The number of aromatic nitrogens is 3. The van der Waals surface area contributed by atoms with Crippen LogP contribution in [0.15, 0.2) is 47.6 Å². The summed E-state index contributed by atoms with van der Waals surface area (Å²) >= 11 is 1.33. The lowest BCUT2D eigenvalue weighted by Crippen LogP contribution is -2.19. The average molecular weight is 442 g/mol. The molecule has 0 spiro atoms. The molecule has 8 heteroatoms. The maximum atomic E-state index is 12.0. The number of fused-ring (bicyclic) bond motifs is 1. The fourth-order valence-electron chi connectivity index (χ4n) is 3.59. The van der Waals surface area contributed by atoms with E-state index in [9.17, 15) is 4.79 Å². The molecule has 1 fully saturated rings. The first kappa shape index (κ1) is 21.6. The van der Waals surface area contributed by atoms with E-state index in [-0.39, 0.29) is 30.5 Å². The fourth-order valence-corrected chi connectivity index (χ4v) is 4.34. The first-order chi connectivity index (χ1) is 15.1. The summed E-state index contributed by atoms with van der Waals surface area (Å²) in [5.41, 5.74) is 0. The normalized spacial score (nSPS) is 16.2. The third kappa shape index (κ3) is 5.57. The van der Waals surface area contributed by atoms with E-state index in [4.69, 9.17) is 14.2 Å². The third-order valence-corrected chi connectivity index (χ3v) is 5.94. The van der Waals surface area contributed by atoms with E-state index in [0.717, 1.165) is 36.0 Å². The summed E-state index contributed by atoms with van der Waals surface area (Å²) in [6.45, 7) is 5.38. The summed E-state index contributed by atoms with van der Waals surface area (Å²) in [7, 11) is 0. The molecule has 1 unspecified atom stereocenters. The fraction of sp³-hybridized carbons (Fsp3) is 0.435. The summed E-state index contributed by atoms with van der Waals surface area (Å²) in [6.07, 6.45) is 2.04. The van der Waals surface area contributed by atoms with Gasteiger partial charge in [-0.15, -0.1) is 10.2 Å². The summed E-state index contributed by atoms with van der Waals surface area (Å²) < 4.78 is 19.2. The Bertz CT molecular complexity index is 1030. The summed E-state index contributed by atoms with van der Waals surface area (Å²) in [4.78, 5) is 12.0.